The lowest BCUT2D eigenvalue weighted by Gasteiger charge is -2.05. The van der Waals surface area contributed by atoms with Crippen LogP contribution in [0.4, 0.5) is 0 Å². The number of nitrogens with one attached hydrogen (secondary N) is 1. The van der Waals surface area contributed by atoms with Gasteiger partial charge in [0.05, 0.1) is 0 Å². The third-order valence-electron chi connectivity index (χ3n) is 2.62. The molecule has 0 aromatic heterocycles. The maximum absolute atomic E-state index is 11.2. The summed E-state index contributed by atoms with van der Waals surface area (Å²) in [7, 11) is 0. The van der Waals surface area contributed by atoms with Crippen LogP contribution in [0, 0.1) is 5.92 Å². The van der Waals surface area contributed by atoms with Gasteiger partial charge in [-0.1, -0.05) is 18.9 Å². The van der Waals surface area contributed by atoms with Gasteiger partial charge in [0.1, 0.15) is 0 Å². The van der Waals surface area contributed by atoms with Crippen LogP contribution in [-0.4, -0.2) is 12.5 Å². The molecule has 1 N–H and O–H groups in total. The Kier molecular flexibility index (Phi) is 4.58. The molecule has 1 heterocycles. The molecule has 13 heavy (non-hydrogen) atoms. The lowest BCUT2D eigenvalue weighted by Crippen LogP contribution is -2.18. The molecule has 1 aliphatic rings. The van der Waals surface area contributed by atoms with E-state index in [9.17, 15) is 4.79 Å². The van der Waals surface area contributed by atoms with Gasteiger partial charge < -0.3 is 5.32 Å². The Bertz CT molecular complexity index is 177. The van der Waals surface area contributed by atoms with E-state index in [0.717, 1.165) is 25.8 Å². The van der Waals surface area contributed by atoms with Gasteiger partial charge >= 0.3 is 0 Å². The number of unbranched alkanes of at least 4 members (excludes halogenated alkanes) is 3. The Balaban J connectivity index is 1.99. The van der Waals surface area contributed by atoms with E-state index in [0.29, 0.717) is 5.92 Å². The fraction of sp³-hybridized carbons (Fsp3) is 0.727. The Labute approximate surface area is 80.4 Å². The predicted molar refractivity (Wildman–Crippen MR) is 54.4 cm³/mol. The Morgan fingerprint density at radius 2 is 2.31 bits per heavy atom. The van der Waals surface area contributed by atoms with Crippen LogP contribution in [-0.2, 0) is 4.79 Å². The van der Waals surface area contributed by atoms with Crippen LogP contribution in [0.25, 0.3) is 0 Å². The summed E-state index contributed by atoms with van der Waals surface area (Å²) in [6.45, 7) is 4.57. The molecule has 0 spiro atoms. The highest BCUT2D eigenvalue weighted by Gasteiger charge is 2.22. The van der Waals surface area contributed by atoms with Gasteiger partial charge in [-0.3, -0.25) is 4.79 Å². The zero-order valence-electron chi connectivity index (χ0n) is 8.22. The van der Waals surface area contributed by atoms with Crippen LogP contribution in [0.1, 0.15) is 38.5 Å². The lowest BCUT2D eigenvalue weighted by atomic mass is 9.99. The van der Waals surface area contributed by atoms with Crippen LogP contribution in [0.15, 0.2) is 12.7 Å². The normalized spacial score (nSPS) is 21.5. The second-order valence-corrected chi connectivity index (χ2v) is 3.70. The lowest BCUT2D eigenvalue weighted by molar-refractivity contribution is -0.122. The monoisotopic (exact) mass is 181 g/mol. The van der Waals surface area contributed by atoms with Gasteiger partial charge in [-0.05, 0) is 25.7 Å². The number of amides is 1. The SMILES string of the molecule is C=CCCCCCC1CCNC1=O. The van der Waals surface area contributed by atoms with Crippen molar-refractivity contribution in [1.29, 1.82) is 0 Å². The summed E-state index contributed by atoms with van der Waals surface area (Å²) in [5.41, 5.74) is 0. The van der Waals surface area contributed by atoms with Crippen LogP contribution in [0.2, 0.25) is 0 Å². The summed E-state index contributed by atoms with van der Waals surface area (Å²) in [4.78, 5) is 11.2. The first-order valence-corrected chi connectivity index (χ1v) is 5.23. The molecule has 0 aromatic carbocycles. The molecule has 0 radical (unpaired) electrons. The molecule has 1 saturated heterocycles. The molecule has 0 bridgehead atoms. The topological polar surface area (TPSA) is 29.1 Å². The van der Waals surface area contributed by atoms with Gasteiger partial charge in [-0.2, -0.15) is 0 Å². The van der Waals surface area contributed by atoms with Gasteiger partial charge in [-0.25, -0.2) is 0 Å². The highest BCUT2D eigenvalue weighted by Crippen LogP contribution is 2.17. The molecular weight excluding hydrogens is 162 g/mol. The Morgan fingerprint density at radius 3 is 2.92 bits per heavy atom. The maximum Gasteiger partial charge on any atom is 0.223 e. The zero-order chi connectivity index (χ0) is 9.52. The number of hydrogen-bond acceptors (Lipinski definition) is 1. The number of allylic oxidation sites excluding steroid dienone is 1. The molecule has 1 atom stereocenters. The highest BCUT2D eigenvalue weighted by atomic mass is 16.2. The molecule has 1 aliphatic heterocycles. The summed E-state index contributed by atoms with van der Waals surface area (Å²) in [6, 6.07) is 0. The molecule has 1 rings (SSSR count). The van der Waals surface area contributed by atoms with Crippen molar-refractivity contribution in [2.45, 2.75) is 38.5 Å². The molecule has 1 fully saturated rings. The minimum atomic E-state index is 0.267. The van der Waals surface area contributed by atoms with Crippen LogP contribution in [0.5, 0.6) is 0 Å². The van der Waals surface area contributed by atoms with E-state index < -0.39 is 0 Å². The predicted octanol–water partition coefficient (Wildman–Crippen LogP) is 2.26. The van der Waals surface area contributed by atoms with Crippen molar-refractivity contribution >= 4 is 5.91 Å². The van der Waals surface area contributed by atoms with Crippen molar-refractivity contribution in [3.8, 4) is 0 Å². The standard InChI is InChI=1S/C11H19NO/c1-2-3-4-5-6-7-10-8-9-12-11(10)13/h2,10H,1,3-9H2,(H,12,13). The van der Waals surface area contributed by atoms with Gasteiger partial charge in [0, 0.05) is 12.5 Å². The largest absolute Gasteiger partial charge is 0.356 e. The fourth-order valence-electron chi connectivity index (χ4n) is 1.78. The molecule has 0 saturated carbocycles. The van der Waals surface area contributed by atoms with E-state index in [-0.39, 0.29) is 5.91 Å². The summed E-state index contributed by atoms with van der Waals surface area (Å²) in [6.07, 6.45) is 8.82. The maximum atomic E-state index is 11.2. The van der Waals surface area contributed by atoms with Crippen LogP contribution in [0.3, 0.4) is 0 Å². The van der Waals surface area contributed by atoms with Crippen molar-refractivity contribution in [1.82, 2.24) is 5.32 Å². The molecule has 74 valence electrons. The molecule has 2 nitrogen and oxygen atoms in total. The van der Waals surface area contributed by atoms with E-state index >= 15 is 0 Å². The summed E-state index contributed by atoms with van der Waals surface area (Å²) >= 11 is 0. The summed E-state index contributed by atoms with van der Waals surface area (Å²) in [5.74, 6) is 0.576. The van der Waals surface area contributed by atoms with E-state index in [4.69, 9.17) is 0 Å². The first kappa shape index (κ1) is 10.3. The molecule has 2 heteroatoms. The first-order valence-electron chi connectivity index (χ1n) is 5.23. The van der Waals surface area contributed by atoms with Crippen molar-refractivity contribution in [3.05, 3.63) is 12.7 Å². The smallest absolute Gasteiger partial charge is 0.223 e. The molecule has 0 aromatic rings. The van der Waals surface area contributed by atoms with E-state index in [1.807, 2.05) is 6.08 Å². The molecule has 0 aliphatic carbocycles. The van der Waals surface area contributed by atoms with Crippen molar-refractivity contribution < 1.29 is 4.79 Å². The van der Waals surface area contributed by atoms with Gasteiger partial charge in [0.15, 0.2) is 0 Å². The minimum Gasteiger partial charge on any atom is -0.356 e. The fourth-order valence-corrected chi connectivity index (χ4v) is 1.78. The van der Waals surface area contributed by atoms with Gasteiger partial charge in [0.25, 0.3) is 0 Å². The van der Waals surface area contributed by atoms with Gasteiger partial charge in [-0.15, -0.1) is 6.58 Å². The Morgan fingerprint density at radius 1 is 1.46 bits per heavy atom. The number of rotatable bonds is 6. The van der Waals surface area contributed by atoms with Crippen molar-refractivity contribution in [3.63, 3.8) is 0 Å². The Hall–Kier alpha value is -0.790. The number of hydrogen-bond donors (Lipinski definition) is 1. The first-order chi connectivity index (χ1) is 6.34. The summed E-state index contributed by atoms with van der Waals surface area (Å²) in [5, 5.41) is 2.87. The third kappa shape index (κ3) is 3.62. The highest BCUT2D eigenvalue weighted by molar-refractivity contribution is 5.80. The summed E-state index contributed by atoms with van der Waals surface area (Å²) < 4.78 is 0. The van der Waals surface area contributed by atoms with Crippen LogP contribution < -0.4 is 5.32 Å². The van der Waals surface area contributed by atoms with E-state index in [2.05, 4.69) is 11.9 Å². The van der Waals surface area contributed by atoms with Crippen LogP contribution >= 0.6 is 0 Å². The second kappa shape index (κ2) is 5.79. The number of carbonyl (C=O) groups is 1. The third-order valence-corrected chi connectivity index (χ3v) is 2.62. The quantitative estimate of drug-likeness (QED) is 0.494. The van der Waals surface area contributed by atoms with Crippen molar-refractivity contribution in [2.75, 3.05) is 6.54 Å². The molecule has 1 unspecified atom stereocenters. The zero-order valence-corrected chi connectivity index (χ0v) is 8.22. The van der Waals surface area contributed by atoms with E-state index in [1.165, 1.54) is 19.3 Å². The molecule has 1 amide bonds. The van der Waals surface area contributed by atoms with E-state index in [1.54, 1.807) is 0 Å². The number of carbonyl (C=O) groups excluding carboxylic acids is 1. The average molecular weight is 181 g/mol. The van der Waals surface area contributed by atoms with Gasteiger partial charge in [0.2, 0.25) is 5.91 Å². The van der Waals surface area contributed by atoms with Crippen molar-refractivity contribution in [2.24, 2.45) is 5.92 Å². The minimum absolute atomic E-state index is 0.267. The average Bonchev–Trinajstić information content (AvgIpc) is 2.52. The molecular formula is C11H19NO. The second-order valence-electron chi connectivity index (χ2n) is 3.70.